The van der Waals surface area contributed by atoms with E-state index in [0.717, 1.165) is 38.6 Å². The van der Waals surface area contributed by atoms with E-state index in [-0.39, 0.29) is 23.3 Å². The van der Waals surface area contributed by atoms with E-state index in [0.29, 0.717) is 48.1 Å². The lowest BCUT2D eigenvalue weighted by molar-refractivity contribution is 0.297. The van der Waals surface area contributed by atoms with Crippen molar-refractivity contribution >= 4 is 21.1 Å². The molecule has 0 amide bonds. The first-order valence-corrected chi connectivity index (χ1v) is 14.0. The smallest absolute Gasteiger partial charge is 0.277 e. The summed E-state index contributed by atoms with van der Waals surface area (Å²) < 4.78 is 44.0. The Morgan fingerprint density at radius 2 is 2.14 bits per heavy atom. The van der Waals surface area contributed by atoms with Gasteiger partial charge >= 0.3 is 0 Å². The topological polar surface area (TPSA) is 122 Å². The van der Waals surface area contributed by atoms with E-state index in [4.69, 9.17) is 6.11 Å². The number of hydrogen-bond donors (Lipinski definition) is 2. The van der Waals surface area contributed by atoms with Gasteiger partial charge in [-0.1, -0.05) is 20.3 Å². The van der Waals surface area contributed by atoms with Crippen LogP contribution in [0.2, 0.25) is 0 Å². The largest absolute Gasteiger partial charge is 0.493 e. The first-order chi connectivity index (χ1) is 17.8. The van der Waals surface area contributed by atoms with Gasteiger partial charge in [0.2, 0.25) is 10.0 Å². The molecule has 3 aromatic rings. The summed E-state index contributed by atoms with van der Waals surface area (Å²) in [5.41, 5.74) is 1.24. The molecule has 36 heavy (non-hydrogen) atoms. The van der Waals surface area contributed by atoms with Crippen molar-refractivity contribution < 1.29 is 14.5 Å². The fraction of sp³-hybridized carbons (Fsp3) is 0.560. The van der Waals surface area contributed by atoms with Gasteiger partial charge in [-0.05, 0) is 63.9 Å². The minimum absolute atomic E-state index is 0.0736. The summed E-state index contributed by atoms with van der Waals surface area (Å²) in [6, 6.07) is 4.99. The molecule has 0 bridgehead atoms. The minimum Gasteiger partial charge on any atom is -0.493 e. The SMILES string of the molecule is [2H]Cn1nc(CCC)c2nc(-c3cc(S(=O)(=O)NCCC4CCCN4C)ccc3OCCC)[nH]c(=O)c21. The van der Waals surface area contributed by atoms with E-state index >= 15 is 0 Å². The maximum atomic E-state index is 13.2. The van der Waals surface area contributed by atoms with Crippen molar-refractivity contribution in [3.05, 3.63) is 34.2 Å². The van der Waals surface area contributed by atoms with E-state index < -0.39 is 15.6 Å². The number of aromatic nitrogens is 4. The van der Waals surface area contributed by atoms with Crippen LogP contribution in [0.15, 0.2) is 27.9 Å². The van der Waals surface area contributed by atoms with E-state index in [1.165, 1.54) is 16.8 Å². The zero-order valence-electron chi connectivity index (χ0n) is 22.2. The molecule has 1 fully saturated rings. The first kappa shape index (κ1) is 24.9. The molecular formula is C25H36N6O4S. The lowest BCUT2D eigenvalue weighted by Gasteiger charge is -2.19. The Morgan fingerprint density at radius 1 is 1.31 bits per heavy atom. The third-order valence-corrected chi connectivity index (χ3v) is 8.03. The van der Waals surface area contributed by atoms with Gasteiger partial charge < -0.3 is 14.6 Å². The van der Waals surface area contributed by atoms with Crippen molar-refractivity contribution in [3.63, 3.8) is 0 Å². The average molecular weight is 518 g/mol. The third-order valence-electron chi connectivity index (χ3n) is 6.57. The highest BCUT2D eigenvalue weighted by molar-refractivity contribution is 7.89. The molecule has 10 nitrogen and oxygen atoms in total. The second-order valence-corrected chi connectivity index (χ2v) is 11.0. The Kier molecular flexibility index (Phi) is 7.68. The Hall–Kier alpha value is -2.76. The van der Waals surface area contributed by atoms with Crippen LogP contribution in [0.4, 0.5) is 0 Å². The molecule has 1 aromatic carbocycles. The predicted molar refractivity (Wildman–Crippen MR) is 140 cm³/mol. The van der Waals surface area contributed by atoms with Crippen LogP contribution in [-0.2, 0) is 23.5 Å². The van der Waals surface area contributed by atoms with Crippen molar-refractivity contribution in [2.24, 2.45) is 7.02 Å². The van der Waals surface area contributed by atoms with Crippen LogP contribution in [0.1, 0.15) is 53.0 Å². The van der Waals surface area contributed by atoms with Gasteiger partial charge in [-0.25, -0.2) is 18.1 Å². The Labute approximate surface area is 213 Å². The summed E-state index contributed by atoms with van der Waals surface area (Å²) in [5, 5.41) is 4.40. The second-order valence-electron chi connectivity index (χ2n) is 9.28. The number of ether oxygens (including phenoxy) is 1. The third kappa shape index (κ3) is 5.47. The average Bonchev–Trinajstić information content (AvgIpc) is 3.45. The molecule has 1 unspecified atom stereocenters. The second kappa shape index (κ2) is 11.1. The maximum absolute atomic E-state index is 13.2. The number of H-pyrrole nitrogens is 1. The lowest BCUT2D eigenvalue weighted by Crippen LogP contribution is -2.31. The van der Waals surface area contributed by atoms with Gasteiger partial charge in [0.05, 0.1) is 22.8 Å². The van der Waals surface area contributed by atoms with Gasteiger partial charge in [0, 0.05) is 21.0 Å². The first-order valence-electron chi connectivity index (χ1n) is 13.3. The summed E-state index contributed by atoms with van der Waals surface area (Å²) in [7, 11) is -1.93. The molecule has 4 rings (SSSR count). The van der Waals surface area contributed by atoms with Gasteiger partial charge in [-0.15, -0.1) is 0 Å². The van der Waals surface area contributed by atoms with Crippen LogP contribution in [-0.4, -0.2) is 65.9 Å². The number of benzene rings is 1. The number of nitrogens with zero attached hydrogens (tertiary/aromatic N) is 4. The number of sulfonamides is 1. The summed E-state index contributed by atoms with van der Waals surface area (Å²) >= 11 is 0. The monoisotopic (exact) mass is 517 g/mol. The Morgan fingerprint density at radius 3 is 2.83 bits per heavy atom. The highest BCUT2D eigenvalue weighted by Crippen LogP contribution is 2.31. The highest BCUT2D eigenvalue weighted by Gasteiger charge is 2.23. The minimum atomic E-state index is -3.79. The van der Waals surface area contributed by atoms with E-state index in [9.17, 15) is 13.2 Å². The van der Waals surface area contributed by atoms with Crippen LogP contribution in [0, 0.1) is 0 Å². The van der Waals surface area contributed by atoms with Crippen molar-refractivity contribution in [3.8, 4) is 17.1 Å². The number of fused-ring (bicyclic) bond motifs is 1. The molecule has 0 radical (unpaired) electrons. The van der Waals surface area contributed by atoms with Gasteiger partial charge in [-0.2, -0.15) is 5.10 Å². The number of aromatic amines is 1. The molecule has 2 N–H and O–H groups in total. The molecule has 1 atom stereocenters. The van der Waals surface area contributed by atoms with Gasteiger partial charge in [-0.3, -0.25) is 9.48 Å². The zero-order valence-corrected chi connectivity index (χ0v) is 22.0. The van der Waals surface area contributed by atoms with Gasteiger partial charge in [0.15, 0.2) is 5.52 Å². The van der Waals surface area contributed by atoms with Crippen LogP contribution < -0.4 is 15.0 Å². The fourth-order valence-corrected chi connectivity index (χ4v) is 5.74. The molecule has 1 saturated heterocycles. The van der Waals surface area contributed by atoms with Crippen LogP contribution in [0.3, 0.4) is 0 Å². The van der Waals surface area contributed by atoms with E-state index in [2.05, 4.69) is 31.7 Å². The van der Waals surface area contributed by atoms with Crippen molar-refractivity contribution in [1.29, 1.82) is 0 Å². The van der Waals surface area contributed by atoms with Crippen molar-refractivity contribution in [2.75, 3.05) is 26.7 Å². The van der Waals surface area contributed by atoms with Crippen LogP contribution in [0.5, 0.6) is 5.75 Å². The molecule has 11 heteroatoms. The summed E-state index contributed by atoms with van der Waals surface area (Å²) in [4.78, 5) is 22.8. The molecule has 196 valence electrons. The van der Waals surface area contributed by atoms with Gasteiger partial charge in [0.1, 0.15) is 17.1 Å². The summed E-state index contributed by atoms with van der Waals surface area (Å²) in [5.74, 6) is 0.635. The van der Waals surface area contributed by atoms with Gasteiger partial charge in [0.25, 0.3) is 5.56 Å². The fourth-order valence-electron chi connectivity index (χ4n) is 4.67. The summed E-state index contributed by atoms with van der Waals surface area (Å²) in [6.45, 7) is 5.78. The normalized spacial score (nSPS) is 17.1. The molecule has 0 aliphatic carbocycles. The molecule has 1 aliphatic heterocycles. The lowest BCUT2D eigenvalue weighted by atomic mass is 10.1. The maximum Gasteiger partial charge on any atom is 0.277 e. The number of rotatable bonds is 11. The number of hydrogen-bond acceptors (Lipinski definition) is 7. The molecular weight excluding hydrogens is 480 g/mol. The molecule has 1 aliphatic rings. The number of aryl methyl sites for hydroxylation is 2. The van der Waals surface area contributed by atoms with Crippen molar-refractivity contribution in [2.45, 2.75) is 63.3 Å². The predicted octanol–water partition coefficient (Wildman–Crippen LogP) is 2.83. The quantitative estimate of drug-likeness (QED) is 0.401. The molecule has 0 saturated carbocycles. The molecule has 0 spiro atoms. The summed E-state index contributed by atoms with van der Waals surface area (Å²) in [6.07, 6.45) is 5.11. The zero-order chi connectivity index (χ0) is 26.6. The number of nitrogens with one attached hydrogen (secondary N) is 2. The Bertz CT molecular complexity index is 1400. The van der Waals surface area contributed by atoms with E-state index in [1.54, 1.807) is 6.07 Å². The Balaban J connectivity index is 1.72. The van der Waals surface area contributed by atoms with Crippen LogP contribution in [0.25, 0.3) is 22.4 Å². The standard InChI is InChI=1S/C25H36N6O4S/c1-5-8-20-22-23(31(4)29-20)25(32)28-24(27-22)19-16-18(10-11-21(19)35-15-6-2)36(33,34)26-13-12-17-9-7-14-30(17)3/h10-11,16-17,26H,5-9,12-15H2,1-4H3,(H,27,28,32)/i4D. The molecule has 3 heterocycles. The molecule has 2 aromatic heterocycles. The van der Waals surface area contributed by atoms with Crippen molar-refractivity contribution in [1.82, 2.24) is 29.4 Å². The highest BCUT2D eigenvalue weighted by atomic mass is 32.2. The van der Waals surface area contributed by atoms with Crippen LogP contribution >= 0.6 is 0 Å². The number of likely N-dealkylation sites (tertiary alicyclic amines) is 1. The van der Waals surface area contributed by atoms with E-state index in [1.807, 2.05) is 13.8 Å².